The maximum Gasteiger partial charge on any atom is 2.00 e. The normalized spacial score (nSPS) is 9.67. The molecule has 0 atom stereocenters. The van der Waals surface area contributed by atoms with Crippen LogP contribution in [-0.4, -0.2) is 58.1 Å². The second-order valence-corrected chi connectivity index (χ2v) is 2.69. The molecule has 4 N–H and O–H groups in total. The fraction of sp³-hybridized carbons (Fsp3) is 0. The number of hydrogen-bond acceptors (Lipinski definition) is 4. The number of rotatable bonds is 0. The van der Waals surface area contributed by atoms with E-state index in [1.54, 1.807) is 0 Å². The zero-order valence-corrected chi connectivity index (χ0v) is 11.0. The van der Waals surface area contributed by atoms with E-state index in [1.165, 1.54) is 0 Å². The summed E-state index contributed by atoms with van der Waals surface area (Å²) in [6.07, 6.45) is 0. The third kappa shape index (κ3) is 560. The molecule has 8 nitrogen and oxygen atoms in total. The van der Waals surface area contributed by atoms with Gasteiger partial charge in [0.1, 0.15) is 0 Å². The maximum atomic E-state index is 8.74. The summed E-state index contributed by atoms with van der Waals surface area (Å²) in [6, 6.07) is 0. The van der Waals surface area contributed by atoms with Gasteiger partial charge in [-0.25, -0.2) is 0 Å². The quantitative estimate of drug-likeness (QED) is 0.247. The largest absolute Gasteiger partial charge is 2.00 e. The maximum absolute atomic E-state index is 8.74. The Hall–Kier alpha value is 1.51. The van der Waals surface area contributed by atoms with Gasteiger partial charge in [-0.05, 0) is 0 Å². The zero-order valence-electron chi connectivity index (χ0n) is 8.95. The molecule has 0 bridgehead atoms. The minimum Gasteiger partial charge on any atom is -1.00 e. The number of hydrogen-bond donors (Lipinski definition) is 4. The standard InChI is InChI=1S/Mg.Na.2H2O4S.3H/c;;2*1-5(2,3)4;;;/h;;2*(H2,1,2,3,4);;;/q+2;+1;;;3*-1. The summed E-state index contributed by atoms with van der Waals surface area (Å²) in [7, 11) is -9.33. The summed E-state index contributed by atoms with van der Waals surface area (Å²) in [5.41, 5.74) is 0. The van der Waals surface area contributed by atoms with E-state index in [-0.39, 0.29) is 56.9 Å². The van der Waals surface area contributed by atoms with Crippen molar-refractivity contribution in [3.8, 4) is 0 Å². The van der Waals surface area contributed by atoms with E-state index in [1.807, 2.05) is 0 Å². The molecule has 0 aromatic rings. The molecule has 0 aromatic heterocycles. The van der Waals surface area contributed by atoms with E-state index >= 15 is 0 Å². The van der Waals surface area contributed by atoms with Gasteiger partial charge in [-0.2, -0.15) is 16.8 Å². The van der Waals surface area contributed by atoms with Crippen LogP contribution in [0.15, 0.2) is 0 Å². The first-order valence-electron chi connectivity index (χ1n) is 1.40. The van der Waals surface area contributed by atoms with Crippen molar-refractivity contribution in [3.05, 3.63) is 0 Å². The van der Waals surface area contributed by atoms with Crippen molar-refractivity contribution in [1.29, 1.82) is 0 Å². The van der Waals surface area contributed by atoms with Gasteiger partial charge in [0.15, 0.2) is 0 Å². The summed E-state index contributed by atoms with van der Waals surface area (Å²) in [5, 5.41) is 0. The summed E-state index contributed by atoms with van der Waals surface area (Å²) in [5.74, 6) is 0. The molecule has 0 heterocycles. The van der Waals surface area contributed by atoms with Crippen molar-refractivity contribution < 1.29 is 68.9 Å². The van der Waals surface area contributed by atoms with Gasteiger partial charge in [0.25, 0.3) is 0 Å². The second-order valence-electron chi connectivity index (χ2n) is 0.896. The van der Waals surface area contributed by atoms with Gasteiger partial charge >= 0.3 is 73.4 Å². The van der Waals surface area contributed by atoms with Crippen LogP contribution in [0.4, 0.5) is 0 Å². The average molecular weight is 246 g/mol. The minimum absolute atomic E-state index is 0. The van der Waals surface area contributed by atoms with E-state index in [0.29, 0.717) is 0 Å². The van der Waals surface area contributed by atoms with Crippen LogP contribution in [0.1, 0.15) is 4.28 Å². The van der Waals surface area contributed by atoms with Crippen molar-refractivity contribution in [1.82, 2.24) is 0 Å². The molecule has 0 aliphatic carbocycles. The predicted octanol–water partition coefficient (Wildman–Crippen LogP) is -4.34. The fourth-order valence-electron chi connectivity index (χ4n) is 0. The molecule has 0 rings (SSSR count). The van der Waals surface area contributed by atoms with Crippen molar-refractivity contribution in [3.63, 3.8) is 0 Å². The smallest absolute Gasteiger partial charge is 1.00 e. The van der Waals surface area contributed by atoms with Crippen LogP contribution in [0.3, 0.4) is 0 Å². The first-order valence-corrected chi connectivity index (χ1v) is 4.19. The van der Waals surface area contributed by atoms with E-state index < -0.39 is 20.8 Å². The molecule has 0 saturated heterocycles. The van der Waals surface area contributed by atoms with Crippen molar-refractivity contribution in [2.75, 3.05) is 0 Å². The van der Waals surface area contributed by atoms with Gasteiger partial charge in [-0.15, -0.1) is 0 Å². The summed E-state index contributed by atoms with van der Waals surface area (Å²) >= 11 is 0. The molecular formula is H7MgNaO8S2. The van der Waals surface area contributed by atoms with Gasteiger partial charge in [0, 0.05) is 0 Å². The monoisotopic (exact) mass is 246 g/mol. The van der Waals surface area contributed by atoms with Gasteiger partial charge in [0.2, 0.25) is 0 Å². The Bertz CT molecular complexity index is 224. The molecule has 12 heavy (non-hydrogen) atoms. The van der Waals surface area contributed by atoms with Crippen LogP contribution in [-0.2, 0) is 20.8 Å². The Morgan fingerprint density at radius 3 is 0.750 bits per heavy atom. The summed E-state index contributed by atoms with van der Waals surface area (Å²) in [4.78, 5) is 0. The van der Waals surface area contributed by atoms with Crippen LogP contribution in [0.2, 0.25) is 0 Å². The van der Waals surface area contributed by atoms with Gasteiger partial charge in [-0.3, -0.25) is 18.2 Å². The predicted molar refractivity (Wildman–Crippen MR) is 37.4 cm³/mol. The van der Waals surface area contributed by atoms with E-state index in [4.69, 9.17) is 35.0 Å². The van der Waals surface area contributed by atoms with Gasteiger partial charge < -0.3 is 4.28 Å². The third-order valence-corrected chi connectivity index (χ3v) is 0. The molecule has 0 amide bonds. The summed E-state index contributed by atoms with van der Waals surface area (Å²) < 4.78 is 63.2. The Morgan fingerprint density at radius 1 is 0.750 bits per heavy atom. The molecule has 70 valence electrons. The molecule has 0 saturated carbocycles. The molecule has 0 radical (unpaired) electrons. The molecule has 0 spiro atoms. The topological polar surface area (TPSA) is 149 Å². The first kappa shape index (κ1) is 23.4. The van der Waals surface area contributed by atoms with Crippen LogP contribution >= 0.6 is 0 Å². The van der Waals surface area contributed by atoms with E-state index in [0.717, 1.165) is 0 Å². The molecular weight excluding hydrogens is 239 g/mol. The van der Waals surface area contributed by atoms with Crippen LogP contribution in [0, 0.1) is 0 Å². The first-order chi connectivity index (χ1) is 4.00. The summed E-state index contributed by atoms with van der Waals surface area (Å²) in [6.45, 7) is 0. The zero-order chi connectivity index (χ0) is 9.00. The molecule has 0 aliphatic heterocycles. The van der Waals surface area contributed by atoms with Crippen molar-refractivity contribution in [2.24, 2.45) is 0 Å². The fourth-order valence-corrected chi connectivity index (χ4v) is 0. The Labute approximate surface area is 112 Å². The second kappa shape index (κ2) is 9.08. The Balaban J connectivity index is -0.0000000128. The van der Waals surface area contributed by atoms with Gasteiger partial charge in [-0.1, -0.05) is 0 Å². The third-order valence-electron chi connectivity index (χ3n) is 0. The molecule has 0 aliphatic rings. The van der Waals surface area contributed by atoms with Crippen LogP contribution in [0.25, 0.3) is 0 Å². The molecule has 0 fully saturated rings. The average Bonchev–Trinajstić information content (AvgIpc) is 1.12. The molecule has 0 aromatic carbocycles. The van der Waals surface area contributed by atoms with Gasteiger partial charge in [0.05, 0.1) is 0 Å². The van der Waals surface area contributed by atoms with E-state index in [2.05, 4.69) is 0 Å². The SMILES string of the molecule is O=S(=O)(O)O.O=S(=O)(O)O.[H-].[H-].[H-].[Mg+2].[Na+]. The van der Waals surface area contributed by atoms with Crippen LogP contribution < -0.4 is 29.6 Å². The molecule has 12 heteroatoms. The van der Waals surface area contributed by atoms with E-state index in [9.17, 15) is 0 Å². The van der Waals surface area contributed by atoms with Crippen molar-refractivity contribution >= 4 is 43.9 Å². The van der Waals surface area contributed by atoms with Crippen molar-refractivity contribution in [2.45, 2.75) is 0 Å². The molecule has 0 unspecified atom stereocenters. The Morgan fingerprint density at radius 2 is 0.750 bits per heavy atom. The van der Waals surface area contributed by atoms with Crippen LogP contribution in [0.5, 0.6) is 0 Å². The minimum atomic E-state index is -4.67. The Kier molecular flexibility index (Phi) is 17.7.